The first kappa shape index (κ1) is 11.5. The van der Waals surface area contributed by atoms with Gasteiger partial charge in [0.15, 0.2) is 0 Å². The summed E-state index contributed by atoms with van der Waals surface area (Å²) < 4.78 is 0. The molecule has 1 saturated heterocycles. The molecule has 4 heteroatoms. The SMILES string of the molecule is C1CC1.Cl.O=C=C1CNCCN1. The van der Waals surface area contributed by atoms with E-state index in [-0.39, 0.29) is 12.4 Å². The lowest BCUT2D eigenvalue weighted by Crippen LogP contribution is -2.38. The number of carbonyl (C=O) groups excluding carboxylic acids is 1. The summed E-state index contributed by atoms with van der Waals surface area (Å²) in [7, 11) is 0. The molecule has 2 rings (SSSR count). The Morgan fingerprint density at radius 1 is 1.17 bits per heavy atom. The lowest BCUT2D eigenvalue weighted by Gasteiger charge is -2.13. The Balaban J connectivity index is 0.000000257. The maximum absolute atomic E-state index is 9.90. The van der Waals surface area contributed by atoms with Gasteiger partial charge >= 0.3 is 0 Å². The third kappa shape index (κ3) is 6.23. The van der Waals surface area contributed by atoms with Gasteiger partial charge in [-0.05, 0) is 0 Å². The zero-order chi connectivity index (χ0) is 7.94. The largest absolute Gasteiger partial charge is 0.377 e. The van der Waals surface area contributed by atoms with Crippen LogP contribution in [0.15, 0.2) is 5.70 Å². The summed E-state index contributed by atoms with van der Waals surface area (Å²) in [6.45, 7) is 2.42. The van der Waals surface area contributed by atoms with Crippen LogP contribution in [0.5, 0.6) is 0 Å². The molecule has 1 aliphatic heterocycles. The second-order valence-electron chi connectivity index (χ2n) is 2.74. The monoisotopic (exact) mass is 190 g/mol. The van der Waals surface area contributed by atoms with Crippen LogP contribution in [0.25, 0.3) is 0 Å². The predicted octanol–water partition coefficient (Wildman–Crippen LogP) is 0.487. The van der Waals surface area contributed by atoms with Crippen LogP contribution in [0.1, 0.15) is 19.3 Å². The third-order valence-electron chi connectivity index (χ3n) is 1.42. The molecule has 2 N–H and O–H groups in total. The Bertz CT molecular complexity index is 154. The Morgan fingerprint density at radius 3 is 2.08 bits per heavy atom. The average molecular weight is 191 g/mol. The zero-order valence-electron chi connectivity index (χ0n) is 7.06. The summed E-state index contributed by atoms with van der Waals surface area (Å²) >= 11 is 0. The van der Waals surface area contributed by atoms with E-state index in [1.807, 2.05) is 0 Å². The van der Waals surface area contributed by atoms with Crippen LogP contribution >= 0.6 is 12.4 Å². The van der Waals surface area contributed by atoms with Gasteiger partial charge in [-0.25, -0.2) is 4.79 Å². The van der Waals surface area contributed by atoms with Crippen molar-refractivity contribution in [3.05, 3.63) is 5.70 Å². The Hall–Kier alpha value is -0.500. The highest BCUT2D eigenvalue weighted by atomic mass is 35.5. The van der Waals surface area contributed by atoms with E-state index in [9.17, 15) is 4.79 Å². The van der Waals surface area contributed by atoms with E-state index in [1.54, 1.807) is 5.94 Å². The van der Waals surface area contributed by atoms with Gasteiger partial charge in [0.2, 0.25) is 0 Å². The lowest BCUT2D eigenvalue weighted by molar-refractivity contribution is 0.551. The van der Waals surface area contributed by atoms with Crippen molar-refractivity contribution in [2.75, 3.05) is 19.6 Å². The fourth-order valence-electron chi connectivity index (χ4n) is 0.650. The number of piperazine rings is 1. The van der Waals surface area contributed by atoms with Crippen LogP contribution in [-0.4, -0.2) is 25.6 Å². The maximum Gasteiger partial charge on any atom is 0.146 e. The van der Waals surface area contributed by atoms with Gasteiger partial charge in [-0.1, -0.05) is 19.3 Å². The molecule has 3 nitrogen and oxygen atoms in total. The normalized spacial score (nSPS) is 18.8. The Kier molecular flexibility index (Phi) is 6.87. The van der Waals surface area contributed by atoms with Gasteiger partial charge in [0, 0.05) is 19.6 Å². The Labute approximate surface area is 79.0 Å². The van der Waals surface area contributed by atoms with Crippen molar-refractivity contribution in [3.63, 3.8) is 0 Å². The van der Waals surface area contributed by atoms with E-state index in [0.29, 0.717) is 12.2 Å². The highest BCUT2D eigenvalue weighted by molar-refractivity contribution is 5.85. The van der Waals surface area contributed by atoms with Crippen molar-refractivity contribution in [1.29, 1.82) is 0 Å². The minimum absolute atomic E-state index is 0. The smallest absolute Gasteiger partial charge is 0.146 e. The van der Waals surface area contributed by atoms with Crippen molar-refractivity contribution in [1.82, 2.24) is 10.6 Å². The molecule has 1 heterocycles. The molecule has 0 aromatic carbocycles. The van der Waals surface area contributed by atoms with Crippen molar-refractivity contribution in [2.45, 2.75) is 19.3 Å². The van der Waals surface area contributed by atoms with E-state index in [0.717, 1.165) is 13.1 Å². The van der Waals surface area contributed by atoms with E-state index >= 15 is 0 Å². The quantitative estimate of drug-likeness (QED) is 0.547. The van der Waals surface area contributed by atoms with Crippen LogP contribution in [0, 0.1) is 0 Å². The van der Waals surface area contributed by atoms with Crippen molar-refractivity contribution in [2.24, 2.45) is 0 Å². The number of hydrogen-bond acceptors (Lipinski definition) is 3. The second kappa shape index (κ2) is 7.17. The minimum Gasteiger partial charge on any atom is -0.377 e. The Morgan fingerprint density at radius 2 is 1.83 bits per heavy atom. The standard InChI is InChI=1S/C5H8N2O.C3H6.ClH/c8-4-5-3-6-1-2-7-5;1-2-3-1;/h6-7H,1-3H2;1-3H2;1H. The molecule has 1 saturated carbocycles. The van der Waals surface area contributed by atoms with E-state index in [1.165, 1.54) is 19.3 Å². The molecular weight excluding hydrogens is 176 g/mol. The summed E-state index contributed by atoms with van der Waals surface area (Å²) in [5.74, 6) is 1.80. The van der Waals surface area contributed by atoms with Gasteiger partial charge in [0.25, 0.3) is 0 Å². The van der Waals surface area contributed by atoms with Crippen LogP contribution in [0.4, 0.5) is 0 Å². The van der Waals surface area contributed by atoms with Crippen molar-refractivity contribution >= 4 is 18.3 Å². The van der Waals surface area contributed by atoms with Crippen LogP contribution in [0.2, 0.25) is 0 Å². The molecule has 0 amide bonds. The molecule has 0 aromatic heterocycles. The topological polar surface area (TPSA) is 41.1 Å². The summed E-state index contributed by atoms with van der Waals surface area (Å²) in [5.41, 5.74) is 0.635. The first-order chi connectivity index (χ1) is 5.43. The number of halogens is 1. The highest BCUT2D eigenvalue weighted by Crippen LogP contribution is 2.14. The average Bonchev–Trinajstić information content (AvgIpc) is 2.92. The first-order valence-electron chi connectivity index (χ1n) is 4.12. The molecule has 2 fully saturated rings. The zero-order valence-corrected chi connectivity index (χ0v) is 7.88. The van der Waals surface area contributed by atoms with Crippen LogP contribution in [0.3, 0.4) is 0 Å². The van der Waals surface area contributed by atoms with Gasteiger partial charge in [-0.15, -0.1) is 12.4 Å². The molecule has 0 aromatic rings. The van der Waals surface area contributed by atoms with Crippen molar-refractivity contribution < 1.29 is 4.79 Å². The predicted molar refractivity (Wildman–Crippen MR) is 51.2 cm³/mol. The molecule has 0 bridgehead atoms. The molecular formula is C8H15ClN2O. The van der Waals surface area contributed by atoms with Gasteiger partial charge in [-0.3, -0.25) is 0 Å². The molecule has 0 atom stereocenters. The molecule has 0 spiro atoms. The number of hydrogen-bond donors (Lipinski definition) is 2. The summed E-state index contributed by atoms with van der Waals surface area (Å²) in [4.78, 5) is 9.90. The fraction of sp³-hybridized carbons (Fsp3) is 0.750. The number of rotatable bonds is 0. The van der Waals surface area contributed by atoms with E-state index < -0.39 is 0 Å². The molecule has 0 unspecified atom stereocenters. The minimum atomic E-state index is 0. The molecule has 0 radical (unpaired) electrons. The van der Waals surface area contributed by atoms with Gasteiger partial charge < -0.3 is 10.6 Å². The second-order valence-corrected chi connectivity index (χ2v) is 2.74. The van der Waals surface area contributed by atoms with Crippen molar-refractivity contribution in [3.8, 4) is 0 Å². The molecule has 12 heavy (non-hydrogen) atoms. The maximum atomic E-state index is 9.90. The van der Waals surface area contributed by atoms with Gasteiger partial charge in [-0.2, -0.15) is 0 Å². The van der Waals surface area contributed by atoms with E-state index in [2.05, 4.69) is 10.6 Å². The highest BCUT2D eigenvalue weighted by Gasteiger charge is 2.00. The van der Waals surface area contributed by atoms with Crippen LogP contribution in [-0.2, 0) is 4.79 Å². The third-order valence-corrected chi connectivity index (χ3v) is 1.42. The first-order valence-corrected chi connectivity index (χ1v) is 4.12. The molecule has 1 aliphatic carbocycles. The summed E-state index contributed by atoms with van der Waals surface area (Å²) in [5, 5.41) is 5.92. The molecule has 70 valence electrons. The van der Waals surface area contributed by atoms with E-state index in [4.69, 9.17) is 0 Å². The summed E-state index contributed by atoms with van der Waals surface area (Å²) in [6, 6.07) is 0. The fourth-order valence-corrected chi connectivity index (χ4v) is 0.650. The molecule has 2 aliphatic rings. The lowest BCUT2D eigenvalue weighted by atomic mass is 10.4. The summed E-state index contributed by atoms with van der Waals surface area (Å²) in [6.07, 6.45) is 4.50. The van der Waals surface area contributed by atoms with Crippen LogP contribution < -0.4 is 10.6 Å². The number of nitrogens with one attached hydrogen (secondary N) is 2. The van der Waals surface area contributed by atoms with Gasteiger partial charge in [0.05, 0.1) is 0 Å². The van der Waals surface area contributed by atoms with Gasteiger partial charge in [0.1, 0.15) is 11.6 Å².